The number of carboxylic acids is 1. The van der Waals surface area contributed by atoms with Gasteiger partial charge in [-0.1, -0.05) is 76.2 Å². The molecule has 2 aromatic rings. The van der Waals surface area contributed by atoms with Crippen LogP contribution in [-0.4, -0.2) is 41.8 Å². The van der Waals surface area contributed by atoms with Crippen molar-refractivity contribution in [3.05, 3.63) is 59.7 Å². The number of carbonyl (C=O) groups is 3. The number of ether oxygens (including phenoxy) is 1. The fourth-order valence-electron chi connectivity index (χ4n) is 4.33. The monoisotopic (exact) mass is 466 g/mol. The molecule has 0 fully saturated rings. The van der Waals surface area contributed by atoms with Crippen molar-refractivity contribution in [3.8, 4) is 11.1 Å². The molecule has 0 spiro atoms. The molecule has 0 radical (unpaired) electrons. The number of benzene rings is 2. The molecule has 0 saturated heterocycles. The van der Waals surface area contributed by atoms with E-state index in [0.717, 1.165) is 22.3 Å². The van der Waals surface area contributed by atoms with Gasteiger partial charge >= 0.3 is 12.1 Å². The van der Waals surface area contributed by atoms with Crippen LogP contribution in [-0.2, 0) is 14.3 Å². The van der Waals surface area contributed by atoms with Crippen molar-refractivity contribution < 1.29 is 24.2 Å². The highest BCUT2D eigenvalue weighted by Crippen LogP contribution is 2.44. The largest absolute Gasteiger partial charge is 0.481 e. The van der Waals surface area contributed by atoms with E-state index in [1.165, 1.54) is 0 Å². The number of nitrogens with one attached hydrogen (secondary N) is 2. The molecule has 3 rings (SSSR count). The van der Waals surface area contributed by atoms with Crippen molar-refractivity contribution >= 4 is 18.0 Å². The molecular weight excluding hydrogens is 432 g/mol. The van der Waals surface area contributed by atoms with Crippen molar-refractivity contribution in [2.75, 3.05) is 6.61 Å². The van der Waals surface area contributed by atoms with Gasteiger partial charge in [-0.05, 0) is 34.1 Å². The van der Waals surface area contributed by atoms with E-state index < -0.39 is 29.6 Å². The summed E-state index contributed by atoms with van der Waals surface area (Å²) in [5.74, 6) is -1.30. The van der Waals surface area contributed by atoms with Crippen LogP contribution in [0.3, 0.4) is 0 Å². The predicted octanol–water partition coefficient (Wildman–Crippen LogP) is 4.70. The van der Waals surface area contributed by atoms with E-state index in [-0.39, 0.29) is 31.3 Å². The Morgan fingerprint density at radius 2 is 1.50 bits per heavy atom. The third-order valence-corrected chi connectivity index (χ3v) is 6.35. The first kappa shape index (κ1) is 25.3. The number of rotatable bonds is 9. The van der Waals surface area contributed by atoms with Gasteiger partial charge in [0.15, 0.2) is 0 Å². The van der Waals surface area contributed by atoms with Gasteiger partial charge in [0.05, 0.1) is 6.42 Å². The lowest BCUT2D eigenvalue weighted by atomic mass is 9.84. The van der Waals surface area contributed by atoms with Gasteiger partial charge < -0.3 is 20.5 Å². The van der Waals surface area contributed by atoms with Crippen LogP contribution in [0.4, 0.5) is 4.79 Å². The molecule has 0 heterocycles. The number of hydrogen-bond acceptors (Lipinski definition) is 4. The summed E-state index contributed by atoms with van der Waals surface area (Å²) in [6, 6.07) is 15.3. The van der Waals surface area contributed by atoms with Gasteiger partial charge in [0.25, 0.3) is 0 Å². The number of carboxylic acid groups (broad SMARTS) is 1. The molecule has 34 heavy (non-hydrogen) atoms. The van der Waals surface area contributed by atoms with Crippen molar-refractivity contribution in [2.24, 2.45) is 5.41 Å². The maximum atomic E-state index is 12.6. The minimum atomic E-state index is -0.968. The summed E-state index contributed by atoms with van der Waals surface area (Å²) in [5, 5.41) is 14.8. The van der Waals surface area contributed by atoms with Gasteiger partial charge in [-0.25, -0.2) is 4.79 Å². The Bertz CT molecular complexity index is 998. The number of hydrogen-bond donors (Lipinski definition) is 3. The zero-order valence-corrected chi connectivity index (χ0v) is 20.3. The summed E-state index contributed by atoms with van der Waals surface area (Å²) in [6.45, 7) is 7.72. The summed E-state index contributed by atoms with van der Waals surface area (Å²) in [5.41, 5.74) is 4.18. The highest BCUT2D eigenvalue weighted by atomic mass is 16.5. The van der Waals surface area contributed by atoms with Crippen LogP contribution in [0.2, 0.25) is 0 Å². The molecule has 2 amide bonds. The van der Waals surface area contributed by atoms with Crippen LogP contribution < -0.4 is 10.6 Å². The first-order chi connectivity index (χ1) is 16.1. The van der Waals surface area contributed by atoms with Gasteiger partial charge in [0, 0.05) is 24.4 Å². The number of alkyl carbamates (subject to hydrolysis) is 1. The third kappa shape index (κ3) is 6.16. The molecule has 3 N–H and O–H groups in total. The van der Waals surface area contributed by atoms with Crippen LogP contribution in [0, 0.1) is 5.41 Å². The summed E-state index contributed by atoms with van der Waals surface area (Å²) in [6.07, 6.45) is -0.144. The van der Waals surface area contributed by atoms with Crippen LogP contribution in [0.5, 0.6) is 0 Å². The number of aliphatic carboxylic acids is 1. The van der Waals surface area contributed by atoms with Crippen LogP contribution in [0.1, 0.15) is 64.0 Å². The average Bonchev–Trinajstić information content (AvgIpc) is 3.09. The lowest BCUT2D eigenvalue weighted by Gasteiger charge is -2.31. The van der Waals surface area contributed by atoms with E-state index >= 15 is 0 Å². The lowest BCUT2D eigenvalue weighted by Crippen LogP contribution is -2.47. The quantitative estimate of drug-likeness (QED) is 0.497. The molecule has 7 nitrogen and oxygen atoms in total. The Labute approximate surface area is 200 Å². The van der Waals surface area contributed by atoms with Crippen molar-refractivity contribution in [1.29, 1.82) is 0 Å². The van der Waals surface area contributed by atoms with Gasteiger partial charge in [-0.3, -0.25) is 9.59 Å². The van der Waals surface area contributed by atoms with Crippen molar-refractivity contribution in [2.45, 2.75) is 65.0 Å². The van der Waals surface area contributed by atoms with E-state index in [4.69, 9.17) is 9.84 Å². The highest BCUT2D eigenvalue weighted by molar-refractivity contribution is 5.80. The number of fused-ring (bicyclic) bond motifs is 3. The summed E-state index contributed by atoms with van der Waals surface area (Å²) < 4.78 is 5.58. The summed E-state index contributed by atoms with van der Waals surface area (Å²) >= 11 is 0. The molecule has 2 unspecified atom stereocenters. The fraction of sp³-hybridized carbons (Fsp3) is 0.444. The zero-order valence-electron chi connectivity index (χ0n) is 20.3. The molecule has 2 atom stereocenters. The van der Waals surface area contributed by atoms with Crippen LogP contribution >= 0.6 is 0 Å². The molecule has 0 aromatic heterocycles. The molecule has 0 bridgehead atoms. The van der Waals surface area contributed by atoms with Crippen molar-refractivity contribution in [1.82, 2.24) is 10.6 Å². The second kappa shape index (κ2) is 10.7. The fourth-order valence-corrected chi connectivity index (χ4v) is 4.33. The zero-order chi connectivity index (χ0) is 24.9. The summed E-state index contributed by atoms with van der Waals surface area (Å²) in [4.78, 5) is 36.3. The molecular formula is C27H34N2O5. The standard InChI is InChI=1S/C27H34N2O5/c1-5-17(14-24(30)29-23(15-25(31)32)27(2,3)4)28-26(33)34-16-22-20-12-8-6-10-18(20)19-11-7-9-13-21(19)22/h6-13,17,22-23H,5,14-16H2,1-4H3,(H,28,33)(H,29,30)(H,31,32). The van der Waals surface area contributed by atoms with Gasteiger partial charge in [-0.15, -0.1) is 0 Å². The molecule has 1 aliphatic rings. The molecule has 7 heteroatoms. The smallest absolute Gasteiger partial charge is 0.407 e. The minimum absolute atomic E-state index is 0.0370. The maximum Gasteiger partial charge on any atom is 0.407 e. The molecule has 182 valence electrons. The first-order valence-corrected chi connectivity index (χ1v) is 11.7. The molecule has 2 aromatic carbocycles. The lowest BCUT2D eigenvalue weighted by molar-refractivity contribution is -0.138. The number of amides is 2. The second-order valence-electron chi connectivity index (χ2n) is 9.86. The Morgan fingerprint density at radius 3 is 2.00 bits per heavy atom. The van der Waals surface area contributed by atoms with Gasteiger partial charge in [-0.2, -0.15) is 0 Å². The van der Waals surface area contributed by atoms with E-state index in [1.54, 1.807) is 0 Å². The summed E-state index contributed by atoms with van der Waals surface area (Å²) in [7, 11) is 0. The SMILES string of the molecule is CCC(CC(=O)NC(CC(=O)O)C(C)(C)C)NC(=O)OCC1c2ccccc2-c2ccccc21. The van der Waals surface area contributed by atoms with Crippen LogP contribution in [0.25, 0.3) is 11.1 Å². The Kier molecular flexibility index (Phi) is 7.97. The van der Waals surface area contributed by atoms with E-state index in [0.29, 0.717) is 6.42 Å². The van der Waals surface area contributed by atoms with Crippen molar-refractivity contribution in [3.63, 3.8) is 0 Å². The number of carbonyl (C=O) groups excluding carboxylic acids is 2. The normalized spacial score (nSPS) is 14.5. The Hall–Kier alpha value is -3.35. The Morgan fingerprint density at radius 1 is 0.941 bits per heavy atom. The van der Waals surface area contributed by atoms with E-state index in [1.807, 2.05) is 52.0 Å². The van der Waals surface area contributed by atoms with Gasteiger partial charge in [0.2, 0.25) is 5.91 Å². The minimum Gasteiger partial charge on any atom is -0.481 e. The Balaban J connectivity index is 1.57. The maximum absolute atomic E-state index is 12.6. The highest BCUT2D eigenvalue weighted by Gasteiger charge is 2.31. The first-order valence-electron chi connectivity index (χ1n) is 11.7. The second-order valence-corrected chi connectivity index (χ2v) is 9.86. The molecule has 1 aliphatic carbocycles. The predicted molar refractivity (Wildman–Crippen MR) is 131 cm³/mol. The molecule has 0 saturated carbocycles. The average molecular weight is 467 g/mol. The van der Waals surface area contributed by atoms with E-state index in [9.17, 15) is 14.4 Å². The molecule has 0 aliphatic heterocycles. The topological polar surface area (TPSA) is 105 Å². The van der Waals surface area contributed by atoms with E-state index in [2.05, 4.69) is 34.9 Å². The van der Waals surface area contributed by atoms with Crippen LogP contribution in [0.15, 0.2) is 48.5 Å². The van der Waals surface area contributed by atoms with Gasteiger partial charge in [0.1, 0.15) is 6.61 Å². The third-order valence-electron chi connectivity index (χ3n) is 6.35.